The van der Waals surface area contributed by atoms with E-state index in [1.165, 1.54) is 18.2 Å². The van der Waals surface area contributed by atoms with Crippen LogP contribution in [0.1, 0.15) is 28.4 Å². The van der Waals surface area contributed by atoms with Crippen molar-refractivity contribution in [1.82, 2.24) is 4.98 Å². The number of aromatic nitrogens is 1. The van der Waals surface area contributed by atoms with Crippen LogP contribution in [0.15, 0.2) is 66.3 Å². The molecule has 41 heavy (non-hydrogen) atoms. The first kappa shape index (κ1) is 28.3. The van der Waals surface area contributed by atoms with E-state index in [1.54, 1.807) is 6.92 Å². The molecule has 0 fully saturated rings. The average Bonchev–Trinajstić information content (AvgIpc) is 3.22. The van der Waals surface area contributed by atoms with Gasteiger partial charge in [-0.2, -0.15) is 13.2 Å². The molecule has 12 heteroatoms. The predicted molar refractivity (Wildman–Crippen MR) is 143 cm³/mol. The molecule has 0 bridgehead atoms. The van der Waals surface area contributed by atoms with Crippen LogP contribution in [0.3, 0.4) is 0 Å². The van der Waals surface area contributed by atoms with Gasteiger partial charge in [-0.1, -0.05) is 23.8 Å². The van der Waals surface area contributed by atoms with Crippen LogP contribution in [0.4, 0.5) is 27.6 Å². The molecule has 0 saturated carbocycles. The second kappa shape index (κ2) is 10.0. The van der Waals surface area contributed by atoms with Crippen LogP contribution in [0, 0.1) is 11.6 Å². The summed E-state index contributed by atoms with van der Waals surface area (Å²) >= 11 is 6.29. The fourth-order valence-corrected chi connectivity index (χ4v) is 5.13. The van der Waals surface area contributed by atoms with E-state index in [2.05, 4.69) is 16.9 Å². The highest BCUT2D eigenvalue weighted by Crippen LogP contribution is 2.47. The van der Waals surface area contributed by atoms with Crippen molar-refractivity contribution in [2.75, 3.05) is 5.32 Å². The largest absolute Gasteiger partial charge is 0.494 e. The Bertz CT molecular complexity index is 1790. The van der Waals surface area contributed by atoms with Gasteiger partial charge in [-0.3, -0.25) is 4.79 Å². The normalized spacial score (nSPS) is 17.1. The number of aromatic hydroxyl groups is 1. The van der Waals surface area contributed by atoms with Gasteiger partial charge in [0, 0.05) is 21.9 Å². The number of rotatable bonds is 5. The van der Waals surface area contributed by atoms with E-state index in [4.69, 9.17) is 11.6 Å². The lowest BCUT2D eigenvalue weighted by atomic mass is 9.75. The Balaban J connectivity index is 1.75. The summed E-state index contributed by atoms with van der Waals surface area (Å²) in [5.41, 5.74) is -0.768. The zero-order chi connectivity index (χ0) is 30.0. The summed E-state index contributed by atoms with van der Waals surface area (Å²) in [6.07, 6.45) is -7.52. The fraction of sp³-hybridized carbons (Fsp3) is 0.138. The summed E-state index contributed by atoms with van der Waals surface area (Å²) in [4.78, 5) is 15.9. The molecule has 1 aliphatic rings. The van der Waals surface area contributed by atoms with E-state index in [1.807, 2.05) is 0 Å². The minimum Gasteiger partial charge on any atom is -0.494 e. The van der Waals surface area contributed by atoms with Gasteiger partial charge in [0.1, 0.15) is 23.8 Å². The number of hydrogen-bond donors (Lipinski definition) is 5. The predicted octanol–water partition coefficient (Wildman–Crippen LogP) is 6.81. The molecule has 0 saturated heterocycles. The van der Waals surface area contributed by atoms with Crippen LogP contribution in [0.5, 0.6) is 5.88 Å². The maximum atomic E-state index is 14.2. The third-order valence-electron chi connectivity index (χ3n) is 6.77. The minimum absolute atomic E-state index is 0.0577. The maximum absolute atomic E-state index is 14.2. The molecular formula is C29H20ClF5N2O4. The Morgan fingerprint density at radius 1 is 1.02 bits per heavy atom. The van der Waals surface area contributed by atoms with Gasteiger partial charge < -0.3 is 25.6 Å². The molecule has 4 aromatic rings. The molecule has 1 aromatic heterocycles. The highest BCUT2D eigenvalue weighted by atomic mass is 35.5. The first-order valence-electron chi connectivity index (χ1n) is 12.0. The molecule has 2 unspecified atom stereocenters. The van der Waals surface area contributed by atoms with E-state index < -0.39 is 52.9 Å². The van der Waals surface area contributed by atoms with E-state index in [-0.39, 0.29) is 49.9 Å². The Morgan fingerprint density at radius 2 is 1.73 bits per heavy atom. The number of alkyl halides is 3. The molecular weight excluding hydrogens is 571 g/mol. The van der Waals surface area contributed by atoms with Crippen molar-refractivity contribution in [2.24, 2.45) is 0 Å². The average molecular weight is 591 g/mol. The van der Waals surface area contributed by atoms with Gasteiger partial charge in [-0.05, 0) is 72.2 Å². The molecule has 1 amide bonds. The summed E-state index contributed by atoms with van der Waals surface area (Å²) in [6, 6.07) is 7.58. The first-order valence-corrected chi connectivity index (χ1v) is 12.3. The molecule has 5 N–H and O–H groups in total. The molecule has 1 heterocycles. The Morgan fingerprint density at radius 3 is 2.39 bits per heavy atom. The van der Waals surface area contributed by atoms with Crippen LogP contribution in [0.2, 0.25) is 5.02 Å². The third-order valence-corrected chi connectivity index (χ3v) is 7.10. The molecule has 0 aliphatic heterocycles. The summed E-state index contributed by atoms with van der Waals surface area (Å²) in [7, 11) is 0. The number of amides is 1. The van der Waals surface area contributed by atoms with Crippen LogP contribution < -0.4 is 5.32 Å². The van der Waals surface area contributed by atoms with Gasteiger partial charge in [-0.25, -0.2) is 8.78 Å². The van der Waals surface area contributed by atoms with E-state index >= 15 is 0 Å². The standard InChI is InChI=1S/C29H20ClF5N2O4/c1-11(2)21-22(26(39)25(21)38)12-7-18-23(24(37-28(18)41)17-10-15(31)3-4-19(17)30)20(8-12)36-27(40)13-5-14(29(33,34)35)9-16(32)6-13/h3-10,25-26,37-39,41H,1H2,2H3,(H,36,40). The van der Waals surface area contributed by atoms with Crippen LogP contribution in [-0.2, 0) is 6.18 Å². The lowest BCUT2D eigenvalue weighted by Crippen LogP contribution is -2.40. The van der Waals surface area contributed by atoms with Gasteiger partial charge in [0.25, 0.3) is 5.91 Å². The first-order chi connectivity index (χ1) is 19.2. The molecule has 1 aliphatic carbocycles. The Kier molecular flexibility index (Phi) is 6.93. The number of aromatic amines is 1. The van der Waals surface area contributed by atoms with Crippen LogP contribution in [-0.4, -0.2) is 38.4 Å². The molecule has 3 aromatic carbocycles. The summed E-state index contributed by atoms with van der Waals surface area (Å²) in [6.45, 7) is 5.40. The summed E-state index contributed by atoms with van der Waals surface area (Å²) in [5.74, 6) is -3.53. The number of fused-ring (bicyclic) bond motifs is 1. The van der Waals surface area contributed by atoms with E-state index in [0.29, 0.717) is 23.3 Å². The van der Waals surface area contributed by atoms with Gasteiger partial charge in [-0.15, -0.1) is 0 Å². The Labute approximate surface area is 234 Å². The number of aliphatic hydroxyl groups is 2. The number of nitrogens with one attached hydrogen (secondary N) is 2. The van der Waals surface area contributed by atoms with Crippen molar-refractivity contribution in [1.29, 1.82) is 0 Å². The smallest absolute Gasteiger partial charge is 0.416 e. The quantitative estimate of drug-likeness (QED) is 0.165. The van der Waals surface area contributed by atoms with Gasteiger partial charge in [0.05, 0.1) is 22.0 Å². The summed E-state index contributed by atoms with van der Waals surface area (Å²) < 4.78 is 68.1. The van der Waals surface area contributed by atoms with Gasteiger partial charge >= 0.3 is 6.18 Å². The number of benzene rings is 3. The second-order valence-corrected chi connectivity index (χ2v) is 10.0. The van der Waals surface area contributed by atoms with Crippen LogP contribution in [0.25, 0.3) is 27.6 Å². The van der Waals surface area contributed by atoms with Gasteiger partial charge in [0.15, 0.2) is 5.88 Å². The number of hydrogen-bond acceptors (Lipinski definition) is 4. The number of anilines is 1. The number of halogens is 6. The van der Waals surface area contributed by atoms with Crippen molar-refractivity contribution in [3.8, 4) is 17.1 Å². The van der Waals surface area contributed by atoms with E-state index in [0.717, 1.165) is 12.1 Å². The lowest BCUT2D eigenvalue weighted by Gasteiger charge is -2.36. The highest BCUT2D eigenvalue weighted by molar-refractivity contribution is 6.34. The second-order valence-electron chi connectivity index (χ2n) is 9.60. The highest BCUT2D eigenvalue weighted by Gasteiger charge is 2.39. The van der Waals surface area contributed by atoms with Crippen LogP contribution >= 0.6 is 11.6 Å². The molecule has 5 rings (SSSR count). The Hall–Kier alpha value is -4.19. The molecule has 0 radical (unpaired) electrons. The van der Waals surface area contributed by atoms with Crippen molar-refractivity contribution in [3.05, 3.63) is 99.6 Å². The fourth-order valence-electron chi connectivity index (χ4n) is 4.92. The van der Waals surface area contributed by atoms with Crippen molar-refractivity contribution in [3.63, 3.8) is 0 Å². The number of carbonyl (C=O) groups is 1. The van der Waals surface area contributed by atoms with Gasteiger partial charge in [0.2, 0.25) is 0 Å². The van der Waals surface area contributed by atoms with Crippen molar-refractivity contribution < 1.29 is 42.1 Å². The SMILES string of the molecule is C=C(C)C1=C(c2cc(NC(=O)c3cc(F)cc(C(F)(F)F)c3)c3c(-c4cc(F)ccc4Cl)[nH]c(O)c3c2)C(O)C1O. The monoisotopic (exact) mass is 590 g/mol. The van der Waals surface area contributed by atoms with Crippen molar-refractivity contribution >= 4 is 39.5 Å². The molecule has 212 valence electrons. The summed E-state index contributed by atoms with van der Waals surface area (Å²) in [5, 5.41) is 34.3. The maximum Gasteiger partial charge on any atom is 0.416 e. The zero-order valence-corrected chi connectivity index (χ0v) is 21.8. The zero-order valence-electron chi connectivity index (χ0n) is 21.0. The van der Waals surface area contributed by atoms with E-state index in [9.17, 15) is 42.1 Å². The number of H-pyrrole nitrogens is 1. The number of aliphatic hydroxyl groups excluding tert-OH is 2. The molecule has 2 atom stereocenters. The van der Waals surface area contributed by atoms with Crippen molar-refractivity contribution in [2.45, 2.75) is 25.3 Å². The molecule has 6 nitrogen and oxygen atoms in total. The number of carbonyl (C=O) groups excluding carboxylic acids is 1. The topological polar surface area (TPSA) is 106 Å². The minimum atomic E-state index is -4.93. The lowest BCUT2D eigenvalue weighted by molar-refractivity contribution is -0.137. The molecule has 0 spiro atoms. The third kappa shape index (κ3) is 4.96.